The van der Waals surface area contributed by atoms with Gasteiger partial charge in [0, 0.05) is 71.5 Å². The van der Waals surface area contributed by atoms with Gasteiger partial charge < -0.3 is 10.6 Å². The van der Waals surface area contributed by atoms with Crippen LogP contribution >= 0.6 is 24.0 Å². The highest BCUT2D eigenvalue weighted by Gasteiger charge is 2.32. The third-order valence-electron chi connectivity index (χ3n) is 5.67. The average Bonchev–Trinajstić information content (AvgIpc) is 2.66. The van der Waals surface area contributed by atoms with Crippen molar-refractivity contribution >= 4 is 40.0 Å². The van der Waals surface area contributed by atoms with Gasteiger partial charge in [-0.05, 0) is 19.8 Å². The molecule has 4 fully saturated rings. The third kappa shape index (κ3) is 5.43. The number of piperazine rings is 3. The average molecular weight is 500 g/mol. The summed E-state index contributed by atoms with van der Waals surface area (Å²) in [4.78, 5) is 9.44. The van der Waals surface area contributed by atoms with Crippen molar-refractivity contribution in [2.24, 2.45) is 4.99 Å². The lowest BCUT2D eigenvalue weighted by atomic mass is 10.1. The first-order valence-electron chi connectivity index (χ1n) is 9.43. The van der Waals surface area contributed by atoms with Crippen LogP contribution in [0.5, 0.6) is 0 Å². The maximum atomic E-state index is 11.9. The van der Waals surface area contributed by atoms with Gasteiger partial charge in [0.25, 0.3) is 0 Å². The van der Waals surface area contributed by atoms with Crippen LogP contribution in [-0.4, -0.2) is 106 Å². The summed E-state index contributed by atoms with van der Waals surface area (Å²) in [6.45, 7) is 9.66. The van der Waals surface area contributed by atoms with Gasteiger partial charge in [0.15, 0.2) is 5.96 Å². The predicted molar refractivity (Wildman–Crippen MR) is 116 cm³/mol. The van der Waals surface area contributed by atoms with E-state index in [2.05, 4.69) is 25.4 Å². The Labute approximate surface area is 174 Å². The molecular formula is C16H33IN6O2S. The lowest BCUT2D eigenvalue weighted by Crippen LogP contribution is -2.64. The van der Waals surface area contributed by atoms with E-state index in [4.69, 9.17) is 0 Å². The lowest BCUT2D eigenvalue weighted by Gasteiger charge is -2.47. The zero-order chi connectivity index (χ0) is 17.9. The van der Waals surface area contributed by atoms with Gasteiger partial charge in [-0.3, -0.25) is 14.8 Å². The molecule has 4 aliphatic rings. The molecule has 10 heteroatoms. The molecule has 2 N–H and O–H groups in total. The molecule has 4 aliphatic heterocycles. The quantitative estimate of drug-likeness (QED) is 0.304. The van der Waals surface area contributed by atoms with E-state index in [-0.39, 0.29) is 35.8 Å². The lowest BCUT2D eigenvalue weighted by molar-refractivity contribution is 0.0154. The second kappa shape index (κ2) is 9.85. The van der Waals surface area contributed by atoms with Crippen molar-refractivity contribution in [3.8, 4) is 0 Å². The van der Waals surface area contributed by atoms with Crippen molar-refractivity contribution in [1.82, 2.24) is 24.7 Å². The molecule has 0 spiro atoms. The topological polar surface area (TPSA) is 80.3 Å². The normalized spacial score (nSPS) is 30.7. The van der Waals surface area contributed by atoms with Crippen molar-refractivity contribution < 1.29 is 8.42 Å². The summed E-state index contributed by atoms with van der Waals surface area (Å²) < 4.78 is 25.5. The van der Waals surface area contributed by atoms with Crippen LogP contribution in [0.4, 0.5) is 0 Å². The Morgan fingerprint density at radius 2 is 1.77 bits per heavy atom. The monoisotopic (exact) mass is 500 g/mol. The molecule has 0 aromatic carbocycles. The number of fused-ring (bicyclic) bond motifs is 3. The van der Waals surface area contributed by atoms with Crippen LogP contribution in [0, 0.1) is 0 Å². The van der Waals surface area contributed by atoms with Crippen LogP contribution in [-0.2, 0) is 10.0 Å². The highest BCUT2D eigenvalue weighted by molar-refractivity contribution is 14.0. The van der Waals surface area contributed by atoms with Gasteiger partial charge in [-0.25, -0.2) is 12.7 Å². The largest absolute Gasteiger partial charge is 0.355 e. The molecule has 4 saturated heterocycles. The number of halogens is 1. The summed E-state index contributed by atoms with van der Waals surface area (Å²) in [6, 6.07) is 0.832. The number of nitrogens with zero attached hydrogens (tertiary/aromatic N) is 4. The zero-order valence-electron chi connectivity index (χ0n) is 15.9. The molecular weight excluding hydrogens is 467 g/mol. The first-order chi connectivity index (χ1) is 12.0. The standard InChI is InChI=1S/C16H32N6O2S.HI/c1-3-25(23,24)22-6-4-14(5-7-22)19-16(17-2)18-12-15-13-20-8-10-21(15)11-9-20;/h14-15H,3-13H2,1-2H3,(H2,17,18,19);1H. The van der Waals surface area contributed by atoms with Gasteiger partial charge in [-0.2, -0.15) is 0 Å². The first-order valence-corrected chi connectivity index (χ1v) is 11.0. The number of nitrogens with one attached hydrogen (secondary N) is 2. The highest BCUT2D eigenvalue weighted by Crippen LogP contribution is 2.16. The second-order valence-corrected chi connectivity index (χ2v) is 9.42. The third-order valence-corrected chi connectivity index (χ3v) is 7.56. The highest BCUT2D eigenvalue weighted by atomic mass is 127. The molecule has 2 bridgehead atoms. The Balaban J connectivity index is 0.00000243. The Hall–Kier alpha value is -0.170. The minimum atomic E-state index is -3.06. The van der Waals surface area contributed by atoms with E-state index in [1.807, 2.05) is 0 Å². The van der Waals surface area contributed by atoms with Crippen LogP contribution in [0.15, 0.2) is 4.99 Å². The van der Waals surface area contributed by atoms with Crippen molar-refractivity contribution in [2.75, 3.05) is 65.2 Å². The summed E-state index contributed by atoms with van der Waals surface area (Å²) in [5.74, 6) is 1.01. The van der Waals surface area contributed by atoms with E-state index >= 15 is 0 Å². The summed E-state index contributed by atoms with van der Waals surface area (Å²) >= 11 is 0. The van der Waals surface area contributed by atoms with Gasteiger partial charge in [0.1, 0.15) is 0 Å². The molecule has 4 heterocycles. The Morgan fingerprint density at radius 1 is 1.12 bits per heavy atom. The van der Waals surface area contributed by atoms with Gasteiger partial charge in [0.2, 0.25) is 10.0 Å². The zero-order valence-corrected chi connectivity index (χ0v) is 19.0. The number of hydrogen-bond acceptors (Lipinski definition) is 5. The van der Waals surface area contributed by atoms with Crippen LogP contribution in [0.25, 0.3) is 0 Å². The van der Waals surface area contributed by atoms with Crippen molar-refractivity contribution in [3.63, 3.8) is 0 Å². The van der Waals surface area contributed by atoms with E-state index < -0.39 is 10.0 Å². The maximum Gasteiger partial charge on any atom is 0.213 e. The van der Waals surface area contributed by atoms with Gasteiger partial charge >= 0.3 is 0 Å². The molecule has 0 radical (unpaired) electrons. The van der Waals surface area contributed by atoms with Gasteiger partial charge in [-0.1, -0.05) is 0 Å². The number of piperidine rings is 1. The fourth-order valence-electron chi connectivity index (χ4n) is 3.98. The first kappa shape index (κ1) is 22.1. The van der Waals surface area contributed by atoms with Crippen LogP contribution < -0.4 is 10.6 Å². The van der Waals surface area contributed by atoms with Crippen molar-refractivity contribution in [2.45, 2.75) is 31.8 Å². The number of hydrogen-bond donors (Lipinski definition) is 2. The fourth-order valence-corrected chi connectivity index (χ4v) is 5.11. The molecule has 0 aliphatic carbocycles. The summed E-state index contributed by atoms with van der Waals surface area (Å²) in [5, 5.41) is 6.93. The second-order valence-electron chi connectivity index (χ2n) is 7.16. The number of rotatable bonds is 5. The molecule has 152 valence electrons. The number of aliphatic imine (C=N–C) groups is 1. The summed E-state index contributed by atoms with van der Waals surface area (Å²) in [6.07, 6.45) is 1.65. The molecule has 0 aromatic rings. The Kier molecular flexibility index (Phi) is 8.38. The van der Waals surface area contributed by atoms with E-state index in [9.17, 15) is 8.42 Å². The molecule has 1 atom stereocenters. The van der Waals surface area contributed by atoms with E-state index in [0.29, 0.717) is 19.1 Å². The van der Waals surface area contributed by atoms with E-state index in [0.717, 1.165) is 31.9 Å². The van der Waals surface area contributed by atoms with Crippen molar-refractivity contribution in [1.29, 1.82) is 0 Å². The minimum absolute atomic E-state index is 0. The number of sulfonamides is 1. The Morgan fingerprint density at radius 3 is 2.27 bits per heavy atom. The molecule has 0 aromatic heterocycles. The summed E-state index contributed by atoms with van der Waals surface area (Å²) in [7, 11) is -1.26. The molecule has 0 saturated carbocycles. The molecule has 4 rings (SSSR count). The van der Waals surface area contributed by atoms with Crippen molar-refractivity contribution in [3.05, 3.63) is 0 Å². The Bertz CT molecular complexity index is 571. The summed E-state index contributed by atoms with van der Waals surface area (Å²) in [5.41, 5.74) is 0. The van der Waals surface area contributed by atoms with E-state index in [1.165, 1.54) is 26.2 Å². The minimum Gasteiger partial charge on any atom is -0.355 e. The van der Waals surface area contributed by atoms with Gasteiger partial charge in [-0.15, -0.1) is 24.0 Å². The van der Waals surface area contributed by atoms with Crippen LogP contribution in [0.1, 0.15) is 19.8 Å². The smallest absolute Gasteiger partial charge is 0.213 e. The van der Waals surface area contributed by atoms with Crippen LogP contribution in [0.3, 0.4) is 0 Å². The van der Waals surface area contributed by atoms with Crippen LogP contribution in [0.2, 0.25) is 0 Å². The predicted octanol–water partition coefficient (Wildman–Crippen LogP) is -0.417. The van der Waals surface area contributed by atoms with E-state index in [1.54, 1.807) is 18.3 Å². The molecule has 26 heavy (non-hydrogen) atoms. The number of guanidine groups is 1. The maximum absolute atomic E-state index is 11.9. The molecule has 1 unspecified atom stereocenters. The molecule has 8 nitrogen and oxygen atoms in total. The molecule has 0 amide bonds. The SMILES string of the molecule is CCS(=O)(=O)N1CCC(NC(=NC)NCC2CN3CCN2CC3)CC1.I. The fraction of sp³-hybridized carbons (Fsp3) is 0.938. The van der Waals surface area contributed by atoms with Gasteiger partial charge in [0.05, 0.1) is 5.75 Å².